The average molecular weight is 284 g/mol. The molecule has 0 saturated heterocycles. The Balaban J connectivity index is 2.69. The Labute approximate surface area is 108 Å². The molecule has 1 rings (SSSR count). The first kappa shape index (κ1) is 13.7. The average Bonchev–Trinajstić information content (AvgIpc) is 2.17. The summed E-state index contributed by atoms with van der Waals surface area (Å²) in [5, 5.41) is 0. The molecule has 2 unspecified atom stereocenters. The molecule has 0 heterocycles. The number of benzene rings is 1. The summed E-state index contributed by atoms with van der Waals surface area (Å²) in [6.07, 6.45) is 3.59. The van der Waals surface area contributed by atoms with Gasteiger partial charge in [-0.05, 0) is 42.5 Å². The van der Waals surface area contributed by atoms with Gasteiger partial charge in [0.05, 0.1) is 0 Å². The van der Waals surface area contributed by atoms with Crippen molar-refractivity contribution < 1.29 is 0 Å². The molecule has 2 N–H and O–H groups in total. The zero-order valence-electron chi connectivity index (χ0n) is 10.5. The van der Waals surface area contributed by atoms with E-state index in [4.69, 9.17) is 5.73 Å². The fourth-order valence-electron chi connectivity index (χ4n) is 2.23. The summed E-state index contributed by atoms with van der Waals surface area (Å²) in [6, 6.07) is 6.53. The topological polar surface area (TPSA) is 26.0 Å². The minimum Gasteiger partial charge on any atom is -0.324 e. The Morgan fingerprint density at radius 2 is 2.06 bits per heavy atom. The van der Waals surface area contributed by atoms with Gasteiger partial charge in [0.2, 0.25) is 0 Å². The molecular weight excluding hydrogens is 262 g/mol. The van der Waals surface area contributed by atoms with Crippen LogP contribution in [-0.4, -0.2) is 0 Å². The quantitative estimate of drug-likeness (QED) is 0.841. The van der Waals surface area contributed by atoms with Crippen molar-refractivity contribution in [1.29, 1.82) is 0 Å². The zero-order chi connectivity index (χ0) is 12.1. The number of hydrogen-bond donors (Lipinski definition) is 1. The van der Waals surface area contributed by atoms with Gasteiger partial charge < -0.3 is 5.73 Å². The molecular formula is C14H22BrN. The highest BCUT2D eigenvalue weighted by Crippen LogP contribution is 2.26. The van der Waals surface area contributed by atoms with Crippen molar-refractivity contribution in [1.82, 2.24) is 0 Å². The van der Waals surface area contributed by atoms with Crippen molar-refractivity contribution in [3.63, 3.8) is 0 Å². The molecule has 16 heavy (non-hydrogen) atoms. The van der Waals surface area contributed by atoms with Crippen molar-refractivity contribution in [3.05, 3.63) is 33.8 Å². The number of hydrogen-bond acceptors (Lipinski definition) is 1. The smallest absolute Gasteiger partial charge is 0.0300 e. The first-order valence-electron chi connectivity index (χ1n) is 6.06. The second-order valence-electron chi connectivity index (χ2n) is 4.74. The van der Waals surface area contributed by atoms with Crippen molar-refractivity contribution >= 4 is 15.9 Å². The van der Waals surface area contributed by atoms with E-state index >= 15 is 0 Å². The van der Waals surface area contributed by atoms with E-state index in [2.05, 4.69) is 54.9 Å². The molecule has 0 aromatic heterocycles. The third-order valence-corrected chi connectivity index (χ3v) is 3.56. The van der Waals surface area contributed by atoms with Crippen LogP contribution in [0.2, 0.25) is 0 Å². The van der Waals surface area contributed by atoms with Crippen molar-refractivity contribution in [2.75, 3.05) is 0 Å². The summed E-state index contributed by atoms with van der Waals surface area (Å²) < 4.78 is 1.13. The molecule has 0 aliphatic rings. The van der Waals surface area contributed by atoms with Crippen LogP contribution in [0, 0.1) is 12.8 Å². The molecule has 2 heteroatoms. The van der Waals surface area contributed by atoms with E-state index < -0.39 is 0 Å². The van der Waals surface area contributed by atoms with E-state index in [9.17, 15) is 0 Å². The molecule has 0 aliphatic heterocycles. The van der Waals surface area contributed by atoms with Gasteiger partial charge in [-0.25, -0.2) is 0 Å². The van der Waals surface area contributed by atoms with Gasteiger partial charge in [-0.2, -0.15) is 0 Å². The lowest BCUT2D eigenvalue weighted by Crippen LogP contribution is -2.15. The number of aryl methyl sites for hydroxylation is 1. The lowest BCUT2D eigenvalue weighted by Gasteiger charge is -2.19. The predicted octanol–water partition coefficient (Wildman–Crippen LogP) is 4.58. The van der Waals surface area contributed by atoms with Gasteiger partial charge in [0.1, 0.15) is 0 Å². The molecule has 2 atom stereocenters. The van der Waals surface area contributed by atoms with E-state index in [1.165, 1.54) is 24.0 Å². The minimum absolute atomic E-state index is 0.176. The Morgan fingerprint density at radius 3 is 2.62 bits per heavy atom. The summed E-state index contributed by atoms with van der Waals surface area (Å²) in [5.41, 5.74) is 8.83. The second kappa shape index (κ2) is 6.41. The molecule has 0 bridgehead atoms. The van der Waals surface area contributed by atoms with Gasteiger partial charge in [-0.1, -0.05) is 48.7 Å². The molecule has 0 radical (unpaired) electrons. The third kappa shape index (κ3) is 3.91. The van der Waals surface area contributed by atoms with Crippen LogP contribution in [-0.2, 0) is 0 Å². The number of rotatable bonds is 5. The molecule has 0 aliphatic carbocycles. The van der Waals surface area contributed by atoms with Gasteiger partial charge in [-0.3, -0.25) is 0 Å². The number of halogens is 1. The highest BCUT2D eigenvalue weighted by Gasteiger charge is 2.12. The fourth-order valence-corrected chi connectivity index (χ4v) is 2.70. The van der Waals surface area contributed by atoms with Gasteiger partial charge in [0.25, 0.3) is 0 Å². The van der Waals surface area contributed by atoms with E-state index in [-0.39, 0.29) is 6.04 Å². The second-order valence-corrected chi connectivity index (χ2v) is 5.65. The largest absolute Gasteiger partial charge is 0.324 e. The first-order valence-corrected chi connectivity index (χ1v) is 6.85. The molecule has 0 amide bonds. The van der Waals surface area contributed by atoms with Crippen LogP contribution in [0.1, 0.15) is 50.3 Å². The summed E-state index contributed by atoms with van der Waals surface area (Å²) in [6.45, 7) is 6.65. The Kier molecular flexibility index (Phi) is 5.50. The number of nitrogens with two attached hydrogens (primary N) is 1. The van der Waals surface area contributed by atoms with Crippen LogP contribution < -0.4 is 5.73 Å². The maximum absolute atomic E-state index is 6.26. The van der Waals surface area contributed by atoms with E-state index in [1.54, 1.807) is 0 Å². The van der Waals surface area contributed by atoms with Crippen molar-refractivity contribution in [2.45, 2.75) is 46.1 Å². The first-order chi connectivity index (χ1) is 7.54. The summed E-state index contributed by atoms with van der Waals surface area (Å²) in [5.74, 6) is 0.711. The molecule has 1 nitrogen and oxygen atoms in total. The van der Waals surface area contributed by atoms with Gasteiger partial charge in [0, 0.05) is 10.5 Å². The SMILES string of the molecule is CCCC(C)CC(N)c1ccc(Br)cc1C. The Bertz CT molecular complexity index is 336. The lowest BCUT2D eigenvalue weighted by molar-refractivity contribution is 0.439. The van der Waals surface area contributed by atoms with Crippen LogP contribution in [0.5, 0.6) is 0 Å². The van der Waals surface area contributed by atoms with E-state index in [1.807, 2.05) is 0 Å². The van der Waals surface area contributed by atoms with Crippen molar-refractivity contribution in [2.24, 2.45) is 11.7 Å². The third-order valence-electron chi connectivity index (χ3n) is 3.07. The van der Waals surface area contributed by atoms with E-state index in [0.717, 1.165) is 10.9 Å². The van der Waals surface area contributed by atoms with Gasteiger partial charge in [0.15, 0.2) is 0 Å². The van der Waals surface area contributed by atoms with Crippen LogP contribution in [0.15, 0.2) is 22.7 Å². The van der Waals surface area contributed by atoms with Crippen LogP contribution in [0.4, 0.5) is 0 Å². The maximum atomic E-state index is 6.26. The van der Waals surface area contributed by atoms with Crippen LogP contribution in [0.25, 0.3) is 0 Å². The van der Waals surface area contributed by atoms with Crippen LogP contribution in [0.3, 0.4) is 0 Å². The monoisotopic (exact) mass is 283 g/mol. The van der Waals surface area contributed by atoms with Gasteiger partial charge >= 0.3 is 0 Å². The van der Waals surface area contributed by atoms with Crippen molar-refractivity contribution in [3.8, 4) is 0 Å². The molecule has 1 aromatic rings. The molecule has 90 valence electrons. The molecule has 0 spiro atoms. The van der Waals surface area contributed by atoms with Gasteiger partial charge in [-0.15, -0.1) is 0 Å². The highest BCUT2D eigenvalue weighted by atomic mass is 79.9. The van der Waals surface area contributed by atoms with Crippen LogP contribution >= 0.6 is 15.9 Å². The Morgan fingerprint density at radius 1 is 1.38 bits per heavy atom. The summed E-state index contributed by atoms with van der Waals surface area (Å²) >= 11 is 3.48. The molecule has 0 fully saturated rings. The summed E-state index contributed by atoms with van der Waals surface area (Å²) in [4.78, 5) is 0. The van der Waals surface area contributed by atoms with E-state index in [0.29, 0.717) is 5.92 Å². The standard InChI is InChI=1S/C14H22BrN/c1-4-5-10(2)8-14(16)13-7-6-12(15)9-11(13)3/h6-7,9-10,14H,4-5,8,16H2,1-3H3. The lowest BCUT2D eigenvalue weighted by atomic mass is 9.91. The maximum Gasteiger partial charge on any atom is 0.0300 e. The summed E-state index contributed by atoms with van der Waals surface area (Å²) in [7, 11) is 0. The fraction of sp³-hybridized carbons (Fsp3) is 0.571. The molecule has 1 aromatic carbocycles. The Hall–Kier alpha value is -0.340. The minimum atomic E-state index is 0.176. The predicted molar refractivity (Wildman–Crippen MR) is 74.5 cm³/mol. The molecule has 0 saturated carbocycles. The zero-order valence-corrected chi connectivity index (χ0v) is 12.0. The normalized spacial score (nSPS) is 14.8. The highest BCUT2D eigenvalue weighted by molar-refractivity contribution is 9.10.